The van der Waals surface area contributed by atoms with Crippen molar-refractivity contribution in [2.24, 2.45) is 5.92 Å². The molecule has 2 aromatic carbocycles. The molecule has 0 bridgehead atoms. The highest BCUT2D eigenvalue weighted by atomic mass is 16.5. The molecule has 47 heavy (non-hydrogen) atoms. The first-order valence-electron chi connectivity index (χ1n) is 15.9. The van der Waals surface area contributed by atoms with Gasteiger partial charge < -0.3 is 20.5 Å². The minimum Gasteiger partial charge on any atom is -0.437 e. The number of benzene rings is 2. The molecule has 2 atom stereocenters. The van der Waals surface area contributed by atoms with Crippen LogP contribution < -0.4 is 16.0 Å². The van der Waals surface area contributed by atoms with Gasteiger partial charge in [-0.1, -0.05) is 30.3 Å². The van der Waals surface area contributed by atoms with Gasteiger partial charge in [0.1, 0.15) is 24.2 Å². The minimum absolute atomic E-state index is 0.00702. The molecule has 3 N–H and O–H groups in total. The van der Waals surface area contributed by atoms with E-state index < -0.39 is 11.2 Å². The van der Waals surface area contributed by atoms with E-state index >= 15 is 0 Å². The van der Waals surface area contributed by atoms with E-state index in [9.17, 15) is 19.5 Å². The number of carbonyl (C=O) groups is 2. The molecule has 4 aromatic rings. The Balaban J connectivity index is 1.10. The Kier molecular flexibility index (Phi) is 9.41. The van der Waals surface area contributed by atoms with Crippen molar-refractivity contribution < 1.29 is 19.4 Å². The van der Waals surface area contributed by atoms with Crippen LogP contribution in [0.1, 0.15) is 52.6 Å². The van der Waals surface area contributed by atoms with Crippen LogP contribution in [0.5, 0.6) is 11.6 Å². The number of aliphatic hydroxyl groups is 1. The Morgan fingerprint density at radius 1 is 1.06 bits per heavy atom. The van der Waals surface area contributed by atoms with Gasteiger partial charge in [-0.15, -0.1) is 0 Å². The van der Waals surface area contributed by atoms with Crippen LogP contribution in [0, 0.1) is 12.8 Å². The van der Waals surface area contributed by atoms with Crippen molar-refractivity contribution in [1.29, 1.82) is 0 Å². The molecule has 0 spiro atoms. The number of amides is 1. The highest BCUT2D eigenvalue weighted by molar-refractivity contribution is 5.80. The smallest absolute Gasteiger partial charge is 0.280 e. The van der Waals surface area contributed by atoms with E-state index in [-0.39, 0.29) is 35.9 Å². The van der Waals surface area contributed by atoms with E-state index in [2.05, 4.69) is 32.0 Å². The third-order valence-corrected chi connectivity index (χ3v) is 9.20. The average molecular weight is 638 g/mol. The maximum atomic E-state index is 14.0. The van der Waals surface area contributed by atoms with Gasteiger partial charge in [0.15, 0.2) is 5.69 Å². The molecular weight excluding hydrogens is 598 g/mol. The number of nitrogens with two attached hydrogens (primary N) is 1. The number of aldehydes is 1. The maximum absolute atomic E-state index is 14.0. The second-order valence-electron chi connectivity index (χ2n) is 12.5. The summed E-state index contributed by atoms with van der Waals surface area (Å²) in [5.41, 5.74) is 6.75. The van der Waals surface area contributed by atoms with Crippen LogP contribution in [0.15, 0.2) is 78.0 Å². The lowest BCUT2D eigenvalue weighted by molar-refractivity contribution is -0.142. The van der Waals surface area contributed by atoms with Crippen LogP contribution in [0.2, 0.25) is 0 Å². The summed E-state index contributed by atoms with van der Waals surface area (Å²) in [6.45, 7) is 4.86. The monoisotopic (exact) mass is 637 g/mol. The van der Waals surface area contributed by atoms with Gasteiger partial charge in [-0.05, 0) is 68.6 Å². The summed E-state index contributed by atoms with van der Waals surface area (Å²) in [4.78, 5) is 55.2. The summed E-state index contributed by atoms with van der Waals surface area (Å²) < 4.78 is 6.95. The molecular formula is C35H39N7O5. The summed E-state index contributed by atoms with van der Waals surface area (Å²) in [6.07, 6.45) is 5.16. The van der Waals surface area contributed by atoms with E-state index in [1.165, 1.54) is 10.9 Å². The number of hydrogen-bond acceptors (Lipinski definition) is 10. The third-order valence-electron chi connectivity index (χ3n) is 9.20. The first-order chi connectivity index (χ1) is 22.7. The molecule has 0 radical (unpaired) electrons. The van der Waals surface area contributed by atoms with Crippen molar-refractivity contribution in [3.05, 3.63) is 106 Å². The van der Waals surface area contributed by atoms with E-state index in [0.29, 0.717) is 43.8 Å². The van der Waals surface area contributed by atoms with Gasteiger partial charge in [-0.2, -0.15) is 0 Å². The molecule has 0 saturated carbocycles. The van der Waals surface area contributed by atoms with Crippen molar-refractivity contribution in [2.75, 3.05) is 31.9 Å². The first kappa shape index (κ1) is 32.0. The number of aromatic nitrogens is 4. The number of nitrogen functional groups attached to an aromatic ring is 1. The molecule has 1 amide bonds. The maximum Gasteiger partial charge on any atom is 0.280 e. The zero-order chi connectivity index (χ0) is 33.0. The second-order valence-corrected chi connectivity index (χ2v) is 12.5. The van der Waals surface area contributed by atoms with Gasteiger partial charge in [-0.25, -0.2) is 15.0 Å². The van der Waals surface area contributed by atoms with Gasteiger partial charge >= 0.3 is 0 Å². The van der Waals surface area contributed by atoms with Crippen LogP contribution in [-0.2, 0) is 17.9 Å². The molecule has 0 aliphatic carbocycles. The molecule has 12 heteroatoms. The fourth-order valence-corrected chi connectivity index (χ4v) is 6.58. The molecule has 2 aliphatic heterocycles. The molecule has 0 unspecified atom stereocenters. The lowest BCUT2D eigenvalue weighted by Gasteiger charge is -2.43. The van der Waals surface area contributed by atoms with Crippen LogP contribution >= 0.6 is 0 Å². The summed E-state index contributed by atoms with van der Waals surface area (Å²) >= 11 is 0. The third kappa shape index (κ3) is 7.39. The number of aryl methyl sites for hydroxylation is 1. The molecule has 6 rings (SSSR count). The molecule has 2 saturated heterocycles. The SMILES string of the molecule is Cc1nccc(CN2CC[C@@H](C(=O)N3CCC(O)(Cn4cnc(Oc5ccc(C=O)cc5)c(N)c4=O)CC3)[C@H](c3ccccc3)C2)n1. The Labute approximate surface area is 272 Å². The number of likely N-dealkylation sites (tertiary alicyclic amines) is 2. The van der Waals surface area contributed by atoms with Gasteiger partial charge in [0.05, 0.1) is 17.8 Å². The fraction of sp³-hybridized carbons (Fsp3) is 0.371. The number of hydrogen-bond donors (Lipinski definition) is 2. The largest absolute Gasteiger partial charge is 0.437 e. The van der Waals surface area contributed by atoms with Crippen LogP contribution in [0.3, 0.4) is 0 Å². The fourth-order valence-electron chi connectivity index (χ4n) is 6.58. The number of piperidine rings is 2. The highest BCUT2D eigenvalue weighted by Gasteiger charge is 2.41. The zero-order valence-electron chi connectivity index (χ0n) is 26.4. The Bertz CT molecular complexity index is 1770. The quantitative estimate of drug-likeness (QED) is 0.261. The second kappa shape index (κ2) is 13.8. The summed E-state index contributed by atoms with van der Waals surface area (Å²) in [7, 11) is 0. The molecule has 12 nitrogen and oxygen atoms in total. The van der Waals surface area contributed by atoms with E-state index in [1.54, 1.807) is 30.5 Å². The lowest BCUT2D eigenvalue weighted by atomic mass is 9.79. The van der Waals surface area contributed by atoms with E-state index in [4.69, 9.17) is 10.5 Å². The average Bonchev–Trinajstić information content (AvgIpc) is 3.09. The van der Waals surface area contributed by atoms with Crippen LogP contribution in [0.25, 0.3) is 0 Å². The standard InChI is InChI=1S/C35H39N7O5/c1-24-37-15-11-27(39-24)19-40-16-12-29(30(20-40)26-5-3-2-4-6-26)33(44)41-17-13-35(46,14-18-41)22-42-23-38-32(31(36)34(42)45)47-28-9-7-25(21-43)8-10-28/h2-11,15,21,23,29-30,46H,12-14,16-20,22,36H2,1H3/t29-,30+/m1/s1. The van der Waals surface area contributed by atoms with Crippen molar-refractivity contribution in [3.8, 4) is 11.6 Å². The minimum atomic E-state index is -1.21. The number of nitrogens with zero attached hydrogens (tertiary/aromatic N) is 6. The Morgan fingerprint density at radius 2 is 1.81 bits per heavy atom. The van der Waals surface area contributed by atoms with E-state index in [1.807, 2.05) is 36.1 Å². The predicted molar refractivity (Wildman–Crippen MR) is 175 cm³/mol. The molecule has 2 fully saturated rings. The van der Waals surface area contributed by atoms with Crippen molar-refractivity contribution in [2.45, 2.75) is 50.8 Å². The summed E-state index contributed by atoms with van der Waals surface area (Å²) in [5.74, 6) is 1.02. The first-order valence-corrected chi connectivity index (χ1v) is 15.9. The zero-order valence-corrected chi connectivity index (χ0v) is 26.4. The van der Waals surface area contributed by atoms with Crippen molar-refractivity contribution in [3.63, 3.8) is 0 Å². The number of rotatable bonds is 9. The topological polar surface area (TPSA) is 157 Å². The lowest BCUT2D eigenvalue weighted by Crippen LogP contribution is -2.53. The molecule has 2 aromatic heterocycles. The van der Waals surface area contributed by atoms with Gasteiger partial charge in [0.25, 0.3) is 5.56 Å². The Hall–Kier alpha value is -4.94. The Morgan fingerprint density at radius 3 is 2.51 bits per heavy atom. The molecule has 4 heterocycles. The number of ether oxygens (including phenoxy) is 1. The van der Waals surface area contributed by atoms with Crippen molar-refractivity contribution >= 4 is 17.9 Å². The number of anilines is 1. The van der Waals surface area contributed by atoms with Gasteiger partial charge in [0.2, 0.25) is 11.8 Å². The summed E-state index contributed by atoms with van der Waals surface area (Å²) in [5, 5.41) is 11.5. The van der Waals surface area contributed by atoms with Crippen molar-refractivity contribution in [1.82, 2.24) is 29.3 Å². The van der Waals surface area contributed by atoms with Gasteiger partial charge in [-0.3, -0.25) is 23.9 Å². The number of carbonyl (C=O) groups excluding carboxylic acids is 2. The highest BCUT2D eigenvalue weighted by Crippen LogP contribution is 2.36. The van der Waals surface area contributed by atoms with E-state index in [0.717, 1.165) is 42.9 Å². The molecule has 244 valence electrons. The normalized spacial score (nSPS) is 19.7. The van der Waals surface area contributed by atoms with Crippen LogP contribution in [0.4, 0.5) is 5.69 Å². The van der Waals surface area contributed by atoms with Crippen LogP contribution in [-0.4, -0.2) is 78.4 Å². The van der Waals surface area contributed by atoms with Gasteiger partial charge in [0, 0.05) is 49.8 Å². The molecule has 2 aliphatic rings. The predicted octanol–water partition coefficient (Wildman–Crippen LogP) is 3.19. The summed E-state index contributed by atoms with van der Waals surface area (Å²) in [6, 6.07) is 18.5.